The standard InChI is InChI=1S/C7H13Cl.Mg.2H/c8-7-5-3-1-2-4-6-7;;;/h7H,1-6H2;;;. The predicted octanol–water partition coefficient (Wildman–Crippen LogP) is 2.03. The number of hydrogen-bond donors (Lipinski definition) is 0. The zero-order valence-electron chi connectivity index (χ0n) is 5.20. The normalized spacial score (nSPS) is 22.3. The van der Waals surface area contributed by atoms with Crippen LogP contribution in [-0.2, 0) is 0 Å². The maximum absolute atomic E-state index is 5.92. The summed E-state index contributed by atoms with van der Waals surface area (Å²) in [5.41, 5.74) is 0. The van der Waals surface area contributed by atoms with E-state index in [1.165, 1.54) is 38.5 Å². The van der Waals surface area contributed by atoms with Gasteiger partial charge in [0.1, 0.15) is 0 Å². The van der Waals surface area contributed by atoms with Crippen LogP contribution in [0.25, 0.3) is 0 Å². The Morgan fingerprint density at radius 2 is 1.33 bits per heavy atom. The average Bonchev–Trinajstić information content (AvgIpc) is 1.94. The second kappa shape index (κ2) is 5.81. The maximum Gasteiger partial charge on any atom is 0.316 e. The quantitative estimate of drug-likeness (QED) is 0.288. The van der Waals surface area contributed by atoms with Crippen molar-refractivity contribution in [2.75, 3.05) is 0 Å². The molecule has 2 heteroatoms. The van der Waals surface area contributed by atoms with Crippen molar-refractivity contribution in [1.29, 1.82) is 0 Å². The summed E-state index contributed by atoms with van der Waals surface area (Å²) in [7, 11) is 0. The van der Waals surface area contributed by atoms with Crippen LogP contribution in [0.4, 0.5) is 0 Å². The molecule has 0 spiro atoms. The zero-order chi connectivity index (χ0) is 5.82. The van der Waals surface area contributed by atoms with Gasteiger partial charge in [-0.05, 0) is 12.8 Å². The minimum absolute atomic E-state index is 0. The lowest BCUT2D eigenvalue weighted by Gasteiger charge is -2.00. The van der Waals surface area contributed by atoms with Crippen LogP contribution in [0.2, 0.25) is 0 Å². The van der Waals surface area contributed by atoms with Gasteiger partial charge in [0.25, 0.3) is 0 Å². The lowest BCUT2D eigenvalue weighted by atomic mass is 10.2. The van der Waals surface area contributed by atoms with E-state index >= 15 is 0 Å². The fourth-order valence-corrected chi connectivity index (χ4v) is 1.54. The Morgan fingerprint density at radius 1 is 0.889 bits per heavy atom. The summed E-state index contributed by atoms with van der Waals surface area (Å²) in [6.45, 7) is 0. The first-order valence-corrected chi connectivity index (χ1v) is 3.97. The molecule has 0 unspecified atom stereocenters. The van der Waals surface area contributed by atoms with Crippen LogP contribution < -0.4 is 0 Å². The fourth-order valence-electron chi connectivity index (χ4n) is 1.23. The molecule has 1 saturated carbocycles. The zero-order valence-corrected chi connectivity index (χ0v) is 5.95. The molecule has 0 radical (unpaired) electrons. The highest BCUT2D eigenvalue weighted by atomic mass is 35.5. The molecule has 0 saturated heterocycles. The third-order valence-corrected chi connectivity index (χ3v) is 2.22. The number of alkyl halides is 1. The van der Waals surface area contributed by atoms with Gasteiger partial charge in [0.05, 0.1) is 0 Å². The highest BCUT2D eigenvalue weighted by Crippen LogP contribution is 2.20. The highest BCUT2D eigenvalue weighted by Gasteiger charge is 2.07. The largest absolute Gasteiger partial charge is 0.316 e. The molecular formula is C7H15ClMg. The van der Waals surface area contributed by atoms with Crippen molar-refractivity contribution in [2.24, 2.45) is 0 Å². The van der Waals surface area contributed by atoms with Crippen LogP contribution >= 0.6 is 11.6 Å². The summed E-state index contributed by atoms with van der Waals surface area (Å²) in [6.07, 6.45) is 8.03. The smallest absolute Gasteiger partial charge is 0.123 e. The Morgan fingerprint density at radius 3 is 1.78 bits per heavy atom. The predicted molar refractivity (Wildman–Crippen MR) is 45.9 cm³/mol. The minimum atomic E-state index is 0. The van der Waals surface area contributed by atoms with Gasteiger partial charge in [-0.2, -0.15) is 0 Å². The lowest BCUT2D eigenvalue weighted by Crippen LogP contribution is -1.92. The van der Waals surface area contributed by atoms with Gasteiger partial charge in [-0.15, -0.1) is 11.6 Å². The number of hydrogen-bond acceptors (Lipinski definition) is 0. The van der Waals surface area contributed by atoms with Gasteiger partial charge in [-0.1, -0.05) is 25.7 Å². The molecule has 0 aromatic heterocycles. The summed E-state index contributed by atoms with van der Waals surface area (Å²) in [6, 6.07) is 0. The van der Waals surface area contributed by atoms with Crippen molar-refractivity contribution >= 4 is 34.7 Å². The third-order valence-electron chi connectivity index (χ3n) is 1.78. The van der Waals surface area contributed by atoms with E-state index in [0.29, 0.717) is 5.38 Å². The Bertz CT molecular complexity index is 57.9. The molecule has 0 nitrogen and oxygen atoms in total. The lowest BCUT2D eigenvalue weighted by molar-refractivity contribution is 0.702. The van der Waals surface area contributed by atoms with Crippen LogP contribution in [0.1, 0.15) is 38.5 Å². The van der Waals surface area contributed by atoms with Gasteiger partial charge in [-0.25, -0.2) is 0 Å². The van der Waals surface area contributed by atoms with E-state index in [1.54, 1.807) is 0 Å². The molecule has 1 aliphatic carbocycles. The summed E-state index contributed by atoms with van der Waals surface area (Å²) in [5, 5.41) is 0.498. The molecule has 0 heterocycles. The van der Waals surface area contributed by atoms with E-state index in [4.69, 9.17) is 11.6 Å². The number of halogens is 1. The Labute approximate surface area is 78.5 Å². The molecule has 1 aliphatic rings. The Hall–Kier alpha value is 1.06. The summed E-state index contributed by atoms with van der Waals surface area (Å²) in [4.78, 5) is 0. The second-order valence-electron chi connectivity index (χ2n) is 2.59. The summed E-state index contributed by atoms with van der Waals surface area (Å²) < 4.78 is 0. The van der Waals surface area contributed by atoms with Gasteiger partial charge in [0.2, 0.25) is 0 Å². The monoisotopic (exact) mass is 158 g/mol. The molecule has 0 N–H and O–H groups in total. The van der Waals surface area contributed by atoms with Crippen LogP contribution in [-0.4, -0.2) is 28.4 Å². The molecule has 0 bridgehead atoms. The third kappa shape index (κ3) is 4.46. The van der Waals surface area contributed by atoms with E-state index in [0.717, 1.165) is 0 Å². The molecule has 0 aromatic rings. The van der Waals surface area contributed by atoms with Gasteiger partial charge in [0.15, 0.2) is 0 Å². The molecule has 0 atom stereocenters. The molecular weight excluding hydrogens is 144 g/mol. The second-order valence-corrected chi connectivity index (χ2v) is 3.21. The molecule has 1 rings (SSSR count). The van der Waals surface area contributed by atoms with E-state index in [2.05, 4.69) is 0 Å². The minimum Gasteiger partial charge on any atom is -0.123 e. The Kier molecular flexibility index (Phi) is 6.49. The molecule has 0 aromatic carbocycles. The van der Waals surface area contributed by atoms with Gasteiger partial charge < -0.3 is 0 Å². The van der Waals surface area contributed by atoms with E-state index in [-0.39, 0.29) is 23.1 Å². The SMILES string of the molecule is ClC1CCCCCC1.[MgH2]. The molecule has 9 heavy (non-hydrogen) atoms. The average molecular weight is 159 g/mol. The molecule has 0 aliphatic heterocycles. The van der Waals surface area contributed by atoms with E-state index in [1.807, 2.05) is 0 Å². The first kappa shape index (κ1) is 10.1. The first-order valence-electron chi connectivity index (χ1n) is 3.53. The van der Waals surface area contributed by atoms with Crippen molar-refractivity contribution in [1.82, 2.24) is 0 Å². The van der Waals surface area contributed by atoms with Crippen LogP contribution in [0.5, 0.6) is 0 Å². The van der Waals surface area contributed by atoms with Crippen LogP contribution in [0.3, 0.4) is 0 Å². The molecule has 1 fully saturated rings. The first-order chi connectivity index (χ1) is 3.89. The maximum atomic E-state index is 5.92. The van der Waals surface area contributed by atoms with Gasteiger partial charge >= 0.3 is 23.1 Å². The highest BCUT2D eigenvalue weighted by molar-refractivity contribution is 6.20. The van der Waals surface area contributed by atoms with E-state index in [9.17, 15) is 0 Å². The van der Waals surface area contributed by atoms with Crippen LogP contribution in [0, 0.1) is 0 Å². The summed E-state index contributed by atoms with van der Waals surface area (Å²) in [5.74, 6) is 0. The van der Waals surface area contributed by atoms with Crippen molar-refractivity contribution in [3.05, 3.63) is 0 Å². The van der Waals surface area contributed by atoms with E-state index < -0.39 is 0 Å². The Balaban J connectivity index is 0.000000640. The van der Waals surface area contributed by atoms with Crippen LogP contribution in [0.15, 0.2) is 0 Å². The fraction of sp³-hybridized carbons (Fsp3) is 1.00. The van der Waals surface area contributed by atoms with Crippen molar-refractivity contribution in [2.45, 2.75) is 43.9 Å². The molecule has 52 valence electrons. The number of rotatable bonds is 0. The van der Waals surface area contributed by atoms with Crippen molar-refractivity contribution in [3.63, 3.8) is 0 Å². The van der Waals surface area contributed by atoms with Crippen molar-refractivity contribution in [3.8, 4) is 0 Å². The van der Waals surface area contributed by atoms with Gasteiger partial charge in [0, 0.05) is 5.38 Å². The van der Waals surface area contributed by atoms with Crippen molar-refractivity contribution < 1.29 is 0 Å². The van der Waals surface area contributed by atoms with Gasteiger partial charge in [-0.3, -0.25) is 0 Å². The summed E-state index contributed by atoms with van der Waals surface area (Å²) >= 11 is 5.92. The topological polar surface area (TPSA) is 0 Å². The molecule has 0 amide bonds.